The number of piperidine rings is 1. The molecule has 0 aliphatic carbocycles. The van der Waals surface area contributed by atoms with Crippen molar-refractivity contribution in [3.05, 3.63) is 35.4 Å². The van der Waals surface area contributed by atoms with Crippen LogP contribution in [0.25, 0.3) is 0 Å². The van der Waals surface area contributed by atoms with Crippen molar-refractivity contribution in [2.24, 2.45) is 4.99 Å². The van der Waals surface area contributed by atoms with Crippen molar-refractivity contribution in [2.75, 3.05) is 33.2 Å². The van der Waals surface area contributed by atoms with Gasteiger partial charge in [-0.1, -0.05) is 25.1 Å². The predicted molar refractivity (Wildman–Crippen MR) is 104 cm³/mol. The van der Waals surface area contributed by atoms with Gasteiger partial charge >= 0.3 is 6.18 Å². The number of nitrogens with zero attached hydrogens (tertiary/aromatic N) is 2. The van der Waals surface area contributed by atoms with Crippen LogP contribution >= 0.6 is 0 Å². The number of aliphatic imine (C=N–C) groups is 1. The molecule has 1 aromatic carbocycles. The molecule has 0 saturated carbocycles. The molecule has 1 aromatic rings. The molecule has 0 spiro atoms. The third-order valence-electron chi connectivity index (χ3n) is 4.99. The van der Waals surface area contributed by atoms with Gasteiger partial charge in [-0.05, 0) is 43.2 Å². The van der Waals surface area contributed by atoms with E-state index in [4.69, 9.17) is 0 Å². The Balaban J connectivity index is 1.76. The number of amides is 1. The van der Waals surface area contributed by atoms with Crippen molar-refractivity contribution < 1.29 is 18.0 Å². The van der Waals surface area contributed by atoms with Crippen molar-refractivity contribution in [3.63, 3.8) is 0 Å². The maximum absolute atomic E-state index is 12.9. The summed E-state index contributed by atoms with van der Waals surface area (Å²) in [5.74, 6) is 0.532. The average Bonchev–Trinajstić information content (AvgIpc) is 2.70. The number of hydrogen-bond acceptors (Lipinski definition) is 2. The first-order valence-electron chi connectivity index (χ1n) is 9.70. The van der Waals surface area contributed by atoms with E-state index in [-0.39, 0.29) is 18.4 Å². The van der Waals surface area contributed by atoms with Gasteiger partial charge in [0.1, 0.15) is 0 Å². The first-order valence-corrected chi connectivity index (χ1v) is 9.70. The summed E-state index contributed by atoms with van der Waals surface area (Å²) in [5.41, 5.74) is 0.0263. The smallest absolute Gasteiger partial charge is 0.356 e. The lowest BCUT2D eigenvalue weighted by atomic mass is 9.96. The first-order chi connectivity index (χ1) is 13.3. The Morgan fingerprint density at radius 3 is 2.57 bits per heavy atom. The zero-order valence-corrected chi connectivity index (χ0v) is 16.5. The second-order valence-electron chi connectivity index (χ2n) is 7.11. The molecule has 1 saturated heterocycles. The van der Waals surface area contributed by atoms with Crippen LogP contribution in [-0.4, -0.2) is 50.0 Å². The second kappa shape index (κ2) is 10.3. The highest BCUT2D eigenvalue weighted by molar-refractivity contribution is 5.86. The summed E-state index contributed by atoms with van der Waals surface area (Å²) in [7, 11) is 1.62. The summed E-state index contributed by atoms with van der Waals surface area (Å²) >= 11 is 0. The van der Waals surface area contributed by atoms with Gasteiger partial charge in [0.25, 0.3) is 0 Å². The molecular weight excluding hydrogens is 369 g/mol. The van der Waals surface area contributed by atoms with Crippen LogP contribution in [0.15, 0.2) is 29.3 Å². The molecule has 5 nitrogen and oxygen atoms in total. The van der Waals surface area contributed by atoms with Gasteiger partial charge in [0.15, 0.2) is 5.96 Å². The first kappa shape index (κ1) is 22.0. The van der Waals surface area contributed by atoms with Crippen LogP contribution in [0.4, 0.5) is 13.2 Å². The largest absolute Gasteiger partial charge is 0.416 e. The Labute approximate surface area is 164 Å². The monoisotopic (exact) mass is 398 g/mol. The van der Waals surface area contributed by atoms with E-state index in [9.17, 15) is 18.0 Å². The normalized spacial score (nSPS) is 16.6. The number of alkyl halides is 3. The van der Waals surface area contributed by atoms with E-state index in [1.165, 1.54) is 18.6 Å². The van der Waals surface area contributed by atoms with Gasteiger partial charge in [0, 0.05) is 26.7 Å². The van der Waals surface area contributed by atoms with Gasteiger partial charge < -0.3 is 15.5 Å². The predicted octanol–water partition coefficient (Wildman–Crippen LogP) is 3.38. The number of carbonyl (C=O) groups excluding carboxylic acids is 1. The van der Waals surface area contributed by atoms with Gasteiger partial charge in [-0.15, -0.1) is 0 Å². The summed E-state index contributed by atoms with van der Waals surface area (Å²) < 4.78 is 38.6. The lowest BCUT2D eigenvalue weighted by Crippen LogP contribution is -2.46. The van der Waals surface area contributed by atoms with Crippen molar-refractivity contribution in [1.29, 1.82) is 0 Å². The molecule has 1 fully saturated rings. The number of rotatable bonds is 6. The molecule has 156 valence electrons. The Hall–Kier alpha value is -2.25. The van der Waals surface area contributed by atoms with E-state index in [2.05, 4.69) is 15.6 Å². The Bertz CT molecular complexity index is 670. The molecule has 0 bridgehead atoms. The molecule has 1 aliphatic heterocycles. The molecule has 0 radical (unpaired) electrons. The third kappa shape index (κ3) is 6.73. The minimum Gasteiger partial charge on any atom is -0.356 e. The van der Waals surface area contributed by atoms with Crippen LogP contribution in [-0.2, 0) is 11.0 Å². The van der Waals surface area contributed by atoms with Crippen LogP contribution in [0.2, 0.25) is 0 Å². The number of likely N-dealkylation sites (tertiary alicyclic amines) is 1. The summed E-state index contributed by atoms with van der Waals surface area (Å²) in [6, 6.07) is 5.44. The van der Waals surface area contributed by atoms with Crippen LogP contribution in [0.3, 0.4) is 0 Å². The van der Waals surface area contributed by atoms with Crippen molar-refractivity contribution in [1.82, 2.24) is 15.5 Å². The zero-order chi connectivity index (χ0) is 20.6. The maximum Gasteiger partial charge on any atom is 0.416 e. The maximum atomic E-state index is 12.9. The number of hydrogen-bond donors (Lipinski definition) is 2. The van der Waals surface area contributed by atoms with Gasteiger partial charge in [-0.3, -0.25) is 9.79 Å². The molecule has 1 aliphatic rings. The molecule has 0 aromatic heterocycles. The van der Waals surface area contributed by atoms with Crippen molar-refractivity contribution in [3.8, 4) is 0 Å². The van der Waals surface area contributed by atoms with Gasteiger partial charge in [0.2, 0.25) is 5.91 Å². The van der Waals surface area contributed by atoms with Gasteiger partial charge in [-0.25, -0.2) is 0 Å². The third-order valence-corrected chi connectivity index (χ3v) is 4.99. The van der Waals surface area contributed by atoms with E-state index in [0.717, 1.165) is 32.0 Å². The van der Waals surface area contributed by atoms with Crippen LogP contribution < -0.4 is 10.6 Å². The molecule has 8 heteroatoms. The minimum atomic E-state index is -4.33. The highest BCUT2D eigenvalue weighted by atomic mass is 19.4. The number of guanidine groups is 1. The lowest BCUT2D eigenvalue weighted by molar-refractivity contribution is -0.137. The topological polar surface area (TPSA) is 56.7 Å². The van der Waals surface area contributed by atoms with E-state index in [1.807, 2.05) is 11.8 Å². The fourth-order valence-corrected chi connectivity index (χ4v) is 3.23. The quantitative estimate of drug-likeness (QED) is 0.571. The Kier molecular flexibility index (Phi) is 8.14. The summed E-state index contributed by atoms with van der Waals surface area (Å²) in [4.78, 5) is 18.1. The highest BCUT2D eigenvalue weighted by Crippen LogP contribution is 2.31. The molecule has 2 rings (SSSR count). The van der Waals surface area contributed by atoms with Crippen LogP contribution in [0.5, 0.6) is 0 Å². The van der Waals surface area contributed by atoms with E-state index in [0.29, 0.717) is 24.5 Å². The summed E-state index contributed by atoms with van der Waals surface area (Å²) in [6.45, 7) is 4.23. The molecule has 1 atom stereocenters. The number of benzene rings is 1. The number of nitrogens with one attached hydrogen (secondary N) is 2. The van der Waals surface area contributed by atoms with Crippen LogP contribution in [0, 0.1) is 0 Å². The summed E-state index contributed by atoms with van der Waals surface area (Å²) in [6.07, 6.45) is -0.425. The van der Waals surface area contributed by atoms with Gasteiger partial charge in [-0.2, -0.15) is 13.2 Å². The fraction of sp³-hybridized carbons (Fsp3) is 0.600. The lowest BCUT2D eigenvalue weighted by Gasteiger charge is -2.27. The Morgan fingerprint density at radius 1 is 1.21 bits per heavy atom. The molecule has 2 N–H and O–H groups in total. The fourth-order valence-electron chi connectivity index (χ4n) is 3.23. The highest BCUT2D eigenvalue weighted by Gasteiger charge is 2.30. The molecule has 28 heavy (non-hydrogen) atoms. The molecular formula is C20H29F3N4O. The van der Waals surface area contributed by atoms with E-state index in [1.54, 1.807) is 13.1 Å². The number of carbonyl (C=O) groups is 1. The Morgan fingerprint density at radius 2 is 1.93 bits per heavy atom. The standard InChI is InChI=1S/C20H29F3N4O/c1-15(16-7-6-8-17(13-16)20(21,22)23)9-10-25-19(24-2)26-14-18(28)27-11-4-3-5-12-27/h6-8,13,15H,3-5,9-12,14H2,1-2H3,(H2,24,25,26). The van der Waals surface area contributed by atoms with Crippen LogP contribution in [0.1, 0.15) is 49.7 Å². The number of halogens is 3. The summed E-state index contributed by atoms with van der Waals surface area (Å²) in [5, 5.41) is 6.13. The molecule has 1 heterocycles. The van der Waals surface area contributed by atoms with Crippen molar-refractivity contribution in [2.45, 2.75) is 44.7 Å². The SMILES string of the molecule is CN=C(NCCC(C)c1cccc(C(F)(F)F)c1)NCC(=O)N1CCCCC1. The average molecular weight is 398 g/mol. The zero-order valence-electron chi connectivity index (χ0n) is 16.5. The minimum absolute atomic E-state index is 0.0390. The van der Waals surface area contributed by atoms with E-state index >= 15 is 0 Å². The van der Waals surface area contributed by atoms with Gasteiger partial charge in [0.05, 0.1) is 12.1 Å². The molecule has 1 unspecified atom stereocenters. The molecule has 1 amide bonds. The second-order valence-corrected chi connectivity index (χ2v) is 7.11. The van der Waals surface area contributed by atoms with Crippen molar-refractivity contribution >= 4 is 11.9 Å². The van der Waals surface area contributed by atoms with E-state index < -0.39 is 11.7 Å².